The van der Waals surface area contributed by atoms with Gasteiger partial charge in [0, 0.05) is 11.7 Å². The van der Waals surface area contributed by atoms with E-state index in [-0.39, 0.29) is 17.5 Å². The fourth-order valence-corrected chi connectivity index (χ4v) is 6.11. The van der Waals surface area contributed by atoms with Crippen molar-refractivity contribution in [3.8, 4) is 0 Å². The minimum absolute atomic E-state index is 0.218. The second-order valence-electron chi connectivity index (χ2n) is 7.89. The molecule has 8 nitrogen and oxygen atoms in total. The molecule has 3 fully saturated rings. The smallest absolute Gasteiger partial charge is 0.264 e. The average molecular weight is 391 g/mol. The number of fused-ring (bicyclic) bond motifs is 1. The largest absolute Gasteiger partial charge is 0.382 e. The highest BCUT2D eigenvalue weighted by atomic mass is 32.2. The number of amides is 2. The van der Waals surface area contributed by atoms with Crippen LogP contribution >= 0.6 is 0 Å². The molecular formula is C18H21N3O5S. The molecule has 1 atom stereocenters. The minimum Gasteiger partial charge on any atom is -0.382 e. The van der Waals surface area contributed by atoms with Crippen LogP contribution in [-0.2, 0) is 14.8 Å². The standard InChI is InChI=1S/C18H21N3O5S/c22-16-12-5-2-6-13(19-11-3-1-4-11)15(12)17(23)21(16)14-7-8-18(9-26-10-18)20-27(14,24)25/h2,5-6,11,14,19-20H,1,3-4,7-10H2. The van der Waals surface area contributed by atoms with Gasteiger partial charge in [-0.3, -0.25) is 14.5 Å². The molecule has 3 heterocycles. The quantitative estimate of drug-likeness (QED) is 0.747. The summed E-state index contributed by atoms with van der Waals surface area (Å²) in [6.45, 7) is 0.660. The molecule has 0 bridgehead atoms. The molecule has 144 valence electrons. The molecule has 1 spiro atoms. The van der Waals surface area contributed by atoms with Gasteiger partial charge in [0.05, 0.1) is 29.9 Å². The predicted molar refractivity (Wildman–Crippen MR) is 96.8 cm³/mol. The summed E-state index contributed by atoms with van der Waals surface area (Å²) in [6, 6.07) is 5.39. The van der Waals surface area contributed by atoms with E-state index in [1.165, 1.54) is 0 Å². The van der Waals surface area contributed by atoms with Crippen LogP contribution in [0, 0.1) is 0 Å². The Morgan fingerprint density at radius 1 is 1.15 bits per heavy atom. The van der Waals surface area contributed by atoms with Crippen molar-refractivity contribution in [3.63, 3.8) is 0 Å². The summed E-state index contributed by atoms with van der Waals surface area (Å²) in [4.78, 5) is 26.9. The number of rotatable bonds is 3. The molecule has 1 aromatic rings. The topological polar surface area (TPSA) is 105 Å². The van der Waals surface area contributed by atoms with E-state index in [0.717, 1.165) is 24.2 Å². The zero-order valence-corrected chi connectivity index (χ0v) is 15.5. The summed E-state index contributed by atoms with van der Waals surface area (Å²) in [6.07, 6.45) is 3.96. The molecule has 1 saturated carbocycles. The maximum absolute atomic E-state index is 13.1. The summed E-state index contributed by atoms with van der Waals surface area (Å²) >= 11 is 0. The van der Waals surface area contributed by atoms with Crippen LogP contribution in [0.15, 0.2) is 18.2 Å². The molecule has 5 rings (SSSR count). The molecule has 27 heavy (non-hydrogen) atoms. The van der Waals surface area contributed by atoms with Crippen molar-refractivity contribution in [2.75, 3.05) is 18.5 Å². The maximum Gasteiger partial charge on any atom is 0.264 e. The molecule has 2 amide bonds. The van der Waals surface area contributed by atoms with Gasteiger partial charge in [-0.1, -0.05) is 6.07 Å². The molecule has 4 aliphatic rings. The highest BCUT2D eigenvalue weighted by Gasteiger charge is 2.54. The van der Waals surface area contributed by atoms with Crippen LogP contribution in [-0.4, -0.2) is 55.3 Å². The second kappa shape index (κ2) is 5.76. The zero-order chi connectivity index (χ0) is 18.8. The Labute approximate surface area is 157 Å². The molecular weight excluding hydrogens is 370 g/mol. The van der Waals surface area contributed by atoms with E-state index in [4.69, 9.17) is 4.74 Å². The number of carbonyl (C=O) groups excluding carboxylic acids is 2. The molecule has 0 radical (unpaired) electrons. The van der Waals surface area contributed by atoms with Crippen molar-refractivity contribution in [3.05, 3.63) is 29.3 Å². The van der Waals surface area contributed by atoms with E-state index < -0.39 is 32.8 Å². The van der Waals surface area contributed by atoms with Gasteiger partial charge in [-0.15, -0.1) is 0 Å². The number of imide groups is 1. The third kappa shape index (κ3) is 2.52. The highest BCUT2D eigenvalue weighted by molar-refractivity contribution is 7.90. The molecule has 1 aliphatic carbocycles. The first-order chi connectivity index (χ1) is 12.9. The Balaban J connectivity index is 1.47. The Morgan fingerprint density at radius 3 is 2.52 bits per heavy atom. The zero-order valence-electron chi connectivity index (χ0n) is 14.7. The number of anilines is 1. The Hall–Kier alpha value is -1.97. The van der Waals surface area contributed by atoms with Crippen LogP contribution < -0.4 is 10.0 Å². The first kappa shape index (κ1) is 17.2. The van der Waals surface area contributed by atoms with E-state index in [0.29, 0.717) is 31.4 Å². The molecule has 0 aromatic heterocycles. The second-order valence-corrected chi connectivity index (χ2v) is 9.73. The van der Waals surface area contributed by atoms with E-state index in [1.807, 2.05) is 0 Å². The lowest BCUT2D eigenvalue weighted by Gasteiger charge is -2.47. The number of benzene rings is 1. The Bertz CT molecular complexity index is 936. The van der Waals surface area contributed by atoms with E-state index >= 15 is 0 Å². The van der Waals surface area contributed by atoms with Crippen LogP contribution in [0.2, 0.25) is 0 Å². The highest BCUT2D eigenvalue weighted by Crippen LogP contribution is 2.38. The van der Waals surface area contributed by atoms with Gasteiger partial charge >= 0.3 is 0 Å². The first-order valence-electron chi connectivity index (χ1n) is 9.28. The summed E-state index contributed by atoms with van der Waals surface area (Å²) in [7, 11) is -3.85. The summed E-state index contributed by atoms with van der Waals surface area (Å²) in [5.74, 6) is -1.07. The maximum atomic E-state index is 13.1. The fraction of sp³-hybridized carbons (Fsp3) is 0.556. The molecule has 9 heteroatoms. The summed E-state index contributed by atoms with van der Waals surface area (Å²) in [5, 5.41) is 2.14. The minimum atomic E-state index is -3.85. The molecule has 2 saturated heterocycles. The number of nitrogens with zero attached hydrogens (tertiary/aromatic N) is 1. The van der Waals surface area contributed by atoms with Gasteiger partial charge in [-0.05, 0) is 44.2 Å². The Morgan fingerprint density at radius 2 is 1.93 bits per heavy atom. The van der Waals surface area contributed by atoms with E-state index in [1.54, 1.807) is 18.2 Å². The van der Waals surface area contributed by atoms with Crippen molar-refractivity contribution in [2.45, 2.75) is 49.1 Å². The van der Waals surface area contributed by atoms with Crippen LogP contribution in [0.4, 0.5) is 5.69 Å². The molecule has 2 N–H and O–H groups in total. The van der Waals surface area contributed by atoms with Crippen LogP contribution in [0.1, 0.15) is 52.8 Å². The third-order valence-electron chi connectivity index (χ3n) is 6.04. The normalized spacial score (nSPS) is 28.6. The van der Waals surface area contributed by atoms with Gasteiger partial charge in [0.25, 0.3) is 11.8 Å². The van der Waals surface area contributed by atoms with Crippen molar-refractivity contribution in [1.82, 2.24) is 9.62 Å². The summed E-state index contributed by atoms with van der Waals surface area (Å²) in [5.41, 5.74) is 0.594. The Kier molecular flexibility index (Phi) is 3.66. The van der Waals surface area contributed by atoms with Crippen LogP contribution in [0.3, 0.4) is 0 Å². The van der Waals surface area contributed by atoms with Crippen LogP contribution in [0.5, 0.6) is 0 Å². The van der Waals surface area contributed by atoms with Gasteiger partial charge in [0.2, 0.25) is 10.0 Å². The third-order valence-corrected chi connectivity index (χ3v) is 7.92. The lowest BCUT2D eigenvalue weighted by Crippen LogP contribution is -2.68. The number of sulfonamides is 1. The van der Waals surface area contributed by atoms with Gasteiger partial charge in [0.15, 0.2) is 5.37 Å². The number of hydrogen-bond acceptors (Lipinski definition) is 6. The van der Waals surface area contributed by atoms with Crippen molar-refractivity contribution in [2.24, 2.45) is 0 Å². The number of nitrogens with one attached hydrogen (secondary N) is 2. The van der Waals surface area contributed by atoms with Crippen molar-refractivity contribution >= 4 is 27.5 Å². The molecule has 1 unspecified atom stereocenters. The lowest BCUT2D eigenvalue weighted by molar-refractivity contribution is -0.0717. The van der Waals surface area contributed by atoms with E-state index in [9.17, 15) is 18.0 Å². The van der Waals surface area contributed by atoms with Crippen LogP contribution in [0.25, 0.3) is 0 Å². The average Bonchev–Trinajstić information content (AvgIpc) is 2.81. The first-order valence-corrected chi connectivity index (χ1v) is 10.8. The lowest BCUT2D eigenvalue weighted by atomic mass is 9.92. The van der Waals surface area contributed by atoms with E-state index in [2.05, 4.69) is 10.0 Å². The monoisotopic (exact) mass is 391 g/mol. The molecule has 3 aliphatic heterocycles. The van der Waals surface area contributed by atoms with Gasteiger partial charge in [-0.25, -0.2) is 13.1 Å². The number of carbonyl (C=O) groups is 2. The predicted octanol–water partition coefficient (Wildman–Crippen LogP) is 1.06. The SMILES string of the molecule is O=C1c2cccc(NC3CCC3)c2C(=O)N1C1CCC2(COC2)NS1(=O)=O. The number of hydrogen-bond donors (Lipinski definition) is 2. The van der Waals surface area contributed by atoms with Gasteiger partial charge < -0.3 is 10.1 Å². The van der Waals surface area contributed by atoms with Gasteiger partial charge in [0.1, 0.15) is 0 Å². The van der Waals surface area contributed by atoms with Crippen molar-refractivity contribution < 1.29 is 22.7 Å². The van der Waals surface area contributed by atoms with Gasteiger partial charge in [-0.2, -0.15) is 0 Å². The number of ether oxygens (including phenoxy) is 1. The summed E-state index contributed by atoms with van der Waals surface area (Å²) < 4.78 is 33.4. The van der Waals surface area contributed by atoms with Crippen molar-refractivity contribution in [1.29, 1.82) is 0 Å². The molecule has 1 aromatic carbocycles. The fourth-order valence-electron chi connectivity index (χ4n) is 4.25.